The zero-order valence-electron chi connectivity index (χ0n) is 8.91. The first-order chi connectivity index (χ1) is 6.76. The number of ether oxygens (including phenoxy) is 2. The highest BCUT2D eigenvalue weighted by Crippen LogP contribution is 2.02. The quantitative estimate of drug-likeness (QED) is 0.272. The largest absolute Gasteiger partial charge is 0.466 e. The summed E-state index contributed by atoms with van der Waals surface area (Å²) in [6.07, 6.45) is 5.05. The second kappa shape index (κ2) is 8.51. The van der Waals surface area contributed by atoms with Crippen molar-refractivity contribution < 1.29 is 14.3 Å². The van der Waals surface area contributed by atoms with Gasteiger partial charge in [0.1, 0.15) is 0 Å². The number of esters is 1. The molecule has 0 aliphatic heterocycles. The van der Waals surface area contributed by atoms with Crippen LogP contribution in [0.25, 0.3) is 0 Å². The van der Waals surface area contributed by atoms with Crippen LogP contribution in [0.5, 0.6) is 0 Å². The molecule has 3 heteroatoms. The second-order valence-electron chi connectivity index (χ2n) is 2.73. The van der Waals surface area contributed by atoms with E-state index in [1.807, 2.05) is 6.92 Å². The molecule has 0 rings (SSSR count). The van der Waals surface area contributed by atoms with Crippen LogP contribution in [0, 0.1) is 0 Å². The third-order valence-electron chi connectivity index (χ3n) is 1.74. The van der Waals surface area contributed by atoms with E-state index in [4.69, 9.17) is 4.74 Å². The third kappa shape index (κ3) is 5.54. The minimum Gasteiger partial charge on any atom is -0.466 e. The molecule has 0 atom stereocenters. The Labute approximate surface area is 85.4 Å². The lowest BCUT2D eigenvalue weighted by Gasteiger charge is -2.02. The van der Waals surface area contributed by atoms with Gasteiger partial charge in [0.05, 0.1) is 20.3 Å². The van der Waals surface area contributed by atoms with Gasteiger partial charge >= 0.3 is 5.97 Å². The van der Waals surface area contributed by atoms with E-state index in [2.05, 4.69) is 11.3 Å². The lowest BCUT2D eigenvalue weighted by molar-refractivity contribution is -0.136. The summed E-state index contributed by atoms with van der Waals surface area (Å²) < 4.78 is 9.85. The van der Waals surface area contributed by atoms with Crippen molar-refractivity contribution in [3.05, 3.63) is 24.3 Å². The summed E-state index contributed by atoms with van der Waals surface area (Å²) in [6.45, 7) is 6.58. The molecule has 14 heavy (non-hydrogen) atoms. The maximum Gasteiger partial charge on any atom is 0.333 e. The van der Waals surface area contributed by atoms with Crippen LogP contribution in [0.3, 0.4) is 0 Å². The number of hydrogen-bond donors (Lipinski definition) is 0. The average Bonchev–Trinajstić information content (AvgIpc) is 2.22. The highest BCUT2D eigenvalue weighted by atomic mass is 16.5. The molecule has 0 aromatic carbocycles. The molecule has 0 bridgehead atoms. The molecule has 0 amide bonds. The van der Waals surface area contributed by atoms with Gasteiger partial charge in [0, 0.05) is 5.57 Å². The first kappa shape index (κ1) is 12.9. The summed E-state index contributed by atoms with van der Waals surface area (Å²) in [5, 5.41) is 0. The fourth-order valence-corrected chi connectivity index (χ4v) is 0.913. The van der Waals surface area contributed by atoms with Crippen LogP contribution >= 0.6 is 0 Å². The fraction of sp³-hybridized carbons (Fsp3) is 0.545. The van der Waals surface area contributed by atoms with Crippen LogP contribution in [0.1, 0.15) is 19.8 Å². The van der Waals surface area contributed by atoms with Gasteiger partial charge in [0.15, 0.2) is 0 Å². The van der Waals surface area contributed by atoms with Gasteiger partial charge in [-0.2, -0.15) is 0 Å². The second-order valence-corrected chi connectivity index (χ2v) is 2.73. The monoisotopic (exact) mass is 198 g/mol. The molecule has 0 radical (unpaired) electrons. The number of carbonyl (C=O) groups is 1. The van der Waals surface area contributed by atoms with Crippen molar-refractivity contribution in [3.8, 4) is 0 Å². The molecule has 0 aliphatic carbocycles. The van der Waals surface area contributed by atoms with Gasteiger partial charge in [-0.1, -0.05) is 13.0 Å². The fourth-order valence-electron chi connectivity index (χ4n) is 0.913. The SMILES string of the molecule is C=CCCOCC=C(CC)C(=O)OC. The number of methoxy groups -OCH3 is 1. The van der Waals surface area contributed by atoms with Gasteiger partial charge in [-0.3, -0.25) is 0 Å². The Balaban J connectivity index is 3.81. The van der Waals surface area contributed by atoms with Gasteiger partial charge < -0.3 is 9.47 Å². The summed E-state index contributed by atoms with van der Waals surface area (Å²) in [4.78, 5) is 11.1. The Hall–Kier alpha value is -1.09. The van der Waals surface area contributed by atoms with E-state index in [1.54, 1.807) is 12.2 Å². The Morgan fingerprint density at radius 2 is 2.21 bits per heavy atom. The van der Waals surface area contributed by atoms with E-state index in [0.29, 0.717) is 25.2 Å². The molecule has 0 heterocycles. The van der Waals surface area contributed by atoms with Crippen LogP contribution in [0.4, 0.5) is 0 Å². The molecule has 0 saturated heterocycles. The van der Waals surface area contributed by atoms with E-state index in [1.165, 1.54) is 7.11 Å². The van der Waals surface area contributed by atoms with Crippen molar-refractivity contribution in [2.45, 2.75) is 19.8 Å². The van der Waals surface area contributed by atoms with Gasteiger partial charge in [-0.15, -0.1) is 6.58 Å². The number of hydrogen-bond acceptors (Lipinski definition) is 3. The molecular weight excluding hydrogens is 180 g/mol. The Kier molecular flexibility index (Phi) is 7.84. The highest BCUT2D eigenvalue weighted by molar-refractivity contribution is 5.88. The van der Waals surface area contributed by atoms with E-state index >= 15 is 0 Å². The lowest BCUT2D eigenvalue weighted by atomic mass is 10.2. The molecule has 0 fully saturated rings. The molecule has 0 aromatic heterocycles. The van der Waals surface area contributed by atoms with Gasteiger partial charge in [0.25, 0.3) is 0 Å². The molecule has 0 N–H and O–H groups in total. The molecular formula is C11H18O3. The van der Waals surface area contributed by atoms with Crippen LogP contribution in [-0.4, -0.2) is 26.3 Å². The van der Waals surface area contributed by atoms with E-state index < -0.39 is 0 Å². The van der Waals surface area contributed by atoms with Gasteiger partial charge in [-0.05, 0) is 18.9 Å². The van der Waals surface area contributed by atoms with Crippen LogP contribution in [0.15, 0.2) is 24.3 Å². The molecule has 0 spiro atoms. The molecule has 0 aliphatic rings. The van der Waals surface area contributed by atoms with Crippen molar-refractivity contribution in [3.63, 3.8) is 0 Å². The average molecular weight is 198 g/mol. The Morgan fingerprint density at radius 1 is 1.50 bits per heavy atom. The third-order valence-corrected chi connectivity index (χ3v) is 1.74. The van der Waals surface area contributed by atoms with Crippen molar-refractivity contribution in [1.82, 2.24) is 0 Å². The summed E-state index contributed by atoms with van der Waals surface area (Å²) in [7, 11) is 1.38. The molecule has 0 unspecified atom stereocenters. The van der Waals surface area contributed by atoms with Crippen molar-refractivity contribution in [2.75, 3.05) is 20.3 Å². The standard InChI is InChI=1S/C11H18O3/c1-4-6-8-14-9-7-10(5-2)11(12)13-3/h4,7H,1,5-6,8-9H2,2-3H3. The van der Waals surface area contributed by atoms with E-state index in [-0.39, 0.29) is 5.97 Å². The molecule has 3 nitrogen and oxygen atoms in total. The summed E-state index contributed by atoms with van der Waals surface area (Å²) in [6, 6.07) is 0. The first-order valence-corrected chi connectivity index (χ1v) is 4.72. The summed E-state index contributed by atoms with van der Waals surface area (Å²) in [5.41, 5.74) is 0.658. The van der Waals surface area contributed by atoms with Crippen molar-refractivity contribution in [2.24, 2.45) is 0 Å². The minimum absolute atomic E-state index is 0.278. The van der Waals surface area contributed by atoms with E-state index in [0.717, 1.165) is 6.42 Å². The minimum atomic E-state index is -0.278. The van der Waals surface area contributed by atoms with Crippen molar-refractivity contribution >= 4 is 5.97 Å². The predicted molar refractivity (Wildman–Crippen MR) is 56.0 cm³/mol. The zero-order chi connectivity index (χ0) is 10.8. The lowest BCUT2D eigenvalue weighted by Crippen LogP contribution is -2.05. The topological polar surface area (TPSA) is 35.5 Å². The van der Waals surface area contributed by atoms with Crippen LogP contribution in [-0.2, 0) is 14.3 Å². The summed E-state index contributed by atoms with van der Waals surface area (Å²) >= 11 is 0. The maximum absolute atomic E-state index is 11.1. The number of rotatable bonds is 7. The number of carbonyl (C=O) groups excluding carboxylic acids is 1. The highest BCUT2D eigenvalue weighted by Gasteiger charge is 2.05. The Morgan fingerprint density at radius 3 is 2.71 bits per heavy atom. The van der Waals surface area contributed by atoms with Crippen LogP contribution in [0.2, 0.25) is 0 Å². The zero-order valence-corrected chi connectivity index (χ0v) is 8.91. The van der Waals surface area contributed by atoms with Crippen LogP contribution < -0.4 is 0 Å². The molecule has 0 aromatic rings. The maximum atomic E-state index is 11.1. The van der Waals surface area contributed by atoms with Gasteiger partial charge in [-0.25, -0.2) is 4.79 Å². The first-order valence-electron chi connectivity index (χ1n) is 4.72. The van der Waals surface area contributed by atoms with E-state index in [9.17, 15) is 4.79 Å². The smallest absolute Gasteiger partial charge is 0.333 e. The molecule has 80 valence electrons. The summed E-state index contributed by atoms with van der Waals surface area (Å²) in [5.74, 6) is -0.278. The normalized spacial score (nSPS) is 11.1. The van der Waals surface area contributed by atoms with Crippen molar-refractivity contribution in [1.29, 1.82) is 0 Å². The van der Waals surface area contributed by atoms with Gasteiger partial charge in [0.2, 0.25) is 0 Å². The predicted octanol–water partition coefficient (Wildman–Crippen LogP) is 2.09. The Bertz CT molecular complexity index is 207. The molecule has 0 saturated carbocycles.